The molecule has 0 atom stereocenters. The molecule has 1 N–H and O–H groups in total. The summed E-state index contributed by atoms with van der Waals surface area (Å²) < 4.78 is 4.80. The molecule has 0 fully saturated rings. The van der Waals surface area contributed by atoms with E-state index in [9.17, 15) is 4.79 Å². The lowest BCUT2D eigenvalue weighted by Gasteiger charge is -2.03. The number of esters is 1. The minimum absolute atomic E-state index is 0.412. The van der Waals surface area contributed by atoms with Crippen LogP contribution in [0.15, 0.2) is 42.5 Å². The van der Waals surface area contributed by atoms with Crippen molar-refractivity contribution in [2.75, 3.05) is 7.11 Å². The topological polar surface area (TPSA) is 67.9 Å². The van der Waals surface area contributed by atoms with Crippen LogP contribution in [0.5, 0.6) is 0 Å². The predicted octanol–water partition coefficient (Wildman–Crippen LogP) is 3.05. The number of aromatic nitrogens is 3. The number of hydrogen-bond acceptors (Lipinski definition) is 4. The van der Waals surface area contributed by atoms with Crippen molar-refractivity contribution in [3.8, 4) is 0 Å². The fraction of sp³-hybridized carbons (Fsp3) is 0.0625. The highest BCUT2D eigenvalue weighted by atomic mass is 16.5. The van der Waals surface area contributed by atoms with Gasteiger partial charge in [0, 0.05) is 10.9 Å². The quantitative estimate of drug-likeness (QED) is 0.543. The number of carbonyl (C=O) groups excluding carboxylic acids is 1. The molecule has 0 radical (unpaired) electrons. The molecule has 0 saturated carbocycles. The van der Waals surface area contributed by atoms with Gasteiger partial charge in [-0.15, -0.1) is 0 Å². The zero-order valence-corrected chi connectivity index (χ0v) is 11.3. The maximum Gasteiger partial charge on any atom is 0.340 e. The summed E-state index contributed by atoms with van der Waals surface area (Å²) in [5.41, 5.74) is 4.09. The van der Waals surface area contributed by atoms with Crippen molar-refractivity contribution in [1.29, 1.82) is 0 Å². The summed E-state index contributed by atoms with van der Waals surface area (Å²) in [6, 6.07) is 13.2. The van der Waals surface area contributed by atoms with Gasteiger partial charge in [0.15, 0.2) is 5.65 Å². The number of nitrogens with zero attached hydrogens (tertiary/aromatic N) is 2. The van der Waals surface area contributed by atoms with E-state index >= 15 is 0 Å². The molecule has 102 valence electrons. The van der Waals surface area contributed by atoms with Gasteiger partial charge >= 0.3 is 5.97 Å². The van der Waals surface area contributed by atoms with Crippen LogP contribution in [-0.2, 0) is 4.74 Å². The Balaban J connectivity index is 2.14. The molecule has 5 heteroatoms. The van der Waals surface area contributed by atoms with Gasteiger partial charge in [-0.25, -0.2) is 14.8 Å². The summed E-state index contributed by atoms with van der Waals surface area (Å²) in [7, 11) is 1.36. The second-order valence-electron chi connectivity index (χ2n) is 4.76. The number of para-hydroxylation sites is 2. The number of methoxy groups -OCH3 is 1. The van der Waals surface area contributed by atoms with E-state index in [-0.39, 0.29) is 0 Å². The highest BCUT2D eigenvalue weighted by Crippen LogP contribution is 2.25. The lowest BCUT2D eigenvalue weighted by atomic mass is 10.1. The molecule has 0 aliphatic carbocycles. The van der Waals surface area contributed by atoms with Crippen LogP contribution in [-0.4, -0.2) is 28.0 Å². The Morgan fingerprint density at radius 2 is 1.90 bits per heavy atom. The van der Waals surface area contributed by atoms with E-state index < -0.39 is 5.97 Å². The fourth-order valence-electron chi connectivity index (χ4n) is 2.55. The van der Waals surface area contributed by atoms with Gasteiger partial charge in [-0.05, 0) is 18.2 Å². The number of rotatable bonds is 1. The van der Waals surface area contributed by atoms with Gasteiger partial charge in [-0.1, -0.05) is 24.3 Å². The third-order valence-corrected chi connectivity index (χ3v) is 3.54. The zero-order valence-electron chi connectivity index (χ0n) is 11.3. The van der Waals surface area contributed by atoms with E-state index in [0.29, 0.717) is 22.2 Å². The molecule has 0 amide bonds. The van der Waals surface area contributed by atoms with Gasteiger partial charge in [0.2, 0.25) is 0 Å². The number of nitrogens with one attached hydrogen (secondary N) is 1. The molecular formula is C16H11N3O2. The van der Waals surface area contributed by atoms with Gasteiger partial charge in [-0.3, -0.25) is 0 Å². The highest BCUT2D eigenvalue weighted by Gasteiger charge is 2.14. The molecular weight excluding hydrogens is 266 g/mol. The Hall–Kier alpha value is -2.95. The third-order valence-electron chi connectivity index (χ3n) is 3.54. The molecule has 0 aliphatic rings. The van der Waals surface area contributed by atoms with E-state index in [0.717, 1.165) is 16.4 Å². The number of H-pyrrole nitrogens is 1. The Morgan fingerprint density at radius 3 is 2.76 bits per heavy atom. The average molecular weight is 277 g/mol. The number of carbonyl (C=O) groups is 1. The Labute approximate surface area is 119 Å². The Morgan fingerprint density at radius 1 is 1.05 bits per heavy atom. The SMILES string of the molecule is COC(=O)c1cccc2nc3c(nc12)[nH]c1ccccc13. The van der Waals surface area contributed by atoms with Crippen molar-refractivity contribution < 1.29 is 9.53 Å². The van der Waals surface area contributed by atoms with Crippen LogP contribution in [0.1, 0.15) is 10.4 Å². The summed E-state index contributed by atoms with van der Waals surface area (Å²) in [5, 5.41) is 1.02. The maximum atomic E-state index is 11.8. The molecule has 5 nitrogen and oxygen atoms in total. The van der Waals surface area contributed by atoms with Gasteiger partial charge in [-0.2, -0.15) is 0 Å². The standard InChI is InChI=1S/C16H11N3O2/c1-21-16(20)10-6-4-8-12-13(10)19-15-14(17-12)9-5-2-3-7-11(9)18-15/h2-8H,1H3,(H,18,19). The Kier molecular flexibility index (Phi) is 2.41. The van der Waals surface area contributed by atoms with Crippen molar-refractivity contribution in [3.05, 3.63) is 48.0 Å². The van der Waals surface area contributed by atoms with E-state index in [4.69, 9.17) is 4.74 Å². The molecule has 2 aromatic carbocycles. The molecule has 4 rings (SSSR count). The first-order valence-corrected chi connectivity index (χ1v) is 6.53. The summed E-state index contributed by atoms with van der Waals surface area (Å²) in [5.74, 6) is -0.412. The minimum Gasteiger partial charge on any atom is -0.465 e. The van der Waals surface area contributed by atoms with Crippen LogP contribution >= 0.6 is 0 Å². The lowest BCUT2D eigenvalue weighted by Crippen LogP contribution is -2.03. The smallest absolute Gasteiger partial charge is 0.340 e. The van der Waals surface area contributed by atoms with E-state index in [2.05, 4.69) is 15.0 Å². The van der Waals surface area contributed by atoms with Crippen molar-refractivity contribution in [3.63, 3.8) is 0 Å². The van der Waals surface area contributed by atoms with Crippen LogP contribution in [0.3, 0.4) is 0 Å². The number of ether oxygens (including phenoxy) is 1. The molecule has 0 aliphatic heterocycles. The minimum atomic E-state index is -0.412. The third kappa shape index (κ3) is 1.67. The van der Waals surface area contributed by atoms with E-state index in [1.54, 1.807) is 12.1 Å². The van der Waals surface area contributed by atoms with Crippen molar-refractivity contribution in [1.82, 2.24) is 15.0 Å². The van der Waals surface area contributed by atoms with Crippen LogP contribution < -0.4 is 0 Å². The largest absolute Gasteiger partial charge is 0.465 e. The predicted molar refractivity (Wildman–Crippen MR) is 80.2 cm³/mol. The second kappa shape index (κ2) is 4.28. The zero-order chi connectivity index (χ0) is 14.4. The van der Waals surface area contributed by atoms with Crippen LogP contribution in [0.2, 0.25) is 0 Å². The number of fused-ring (bicyclic) bond motifs is 4. The van der Waals surface area contributed by atoms with Crippen LogP contribution in [0, 0.1) is 0 Å². The van der Waals surface area contributed by atoms with E-state index in [1.165, 1.54) is 7.11 Å². The van der Waals surface area contributed by atoms with Gasteiger partial charge < -0.3 is 9.72 Å². The highest BCUT2D eigenvalue weighted by molar-refractivity contribution is 6.08. The molecule has 0 spiro atoms. The molecule has 21 heavy (non-hydrogen) atoms. The van der Waals surface area contributed by atoms with Crippen LogP contribution in [0.4, 0.5) is 0 Å². The molecule has 0 saturated heterocycles. The summed E-state index contributed by atoms with van der Waals surface area (Å²) in [6.07, 6.45) is 0. The first-order chi connectivity index (χ1) is 10.3. The van der Waals surface area contributed by atoms with Gasteiger partial charge in [0.05, 0.1) is 18.2 Å². The summed E-state index contributed by atoms with van der Waals surface area (Å²) >= 11 is 0. The van der Waals surface area contributed by atoms with Crippen molar-refractivity contribution in [2.24, 2.45) is 0 Å². The lowest BCUT2D eigenvalue weighted by molar-refractivity contribution is 0.0603. The molecule has 0 bridgehead atoms. The first kappa shape index (κ1) is 11.8. The molecule has 2 aromatic heterocycles. The number of aromatic amines is 1. The van der Waals surface area contributed by atoms with Gasteiger partial charge in [0.1, 0.15) is 11.0 Å². The second-order valence-corrected chi connectivity index (χ2v) is 4.76. The normalized spacial score (nSPS) is 11.3. The van der Waals surface area contributed by atoms with E-state index in [1.807, 2.05) is 30.3 Å². The molecule has 4 aromatic rings. The van der Waals surface area contributed by atoms with Gasteiger partial charge in [0.25, 0.3) is 0 Å². The number of hydrogen-bond donors (Lipinski definition) is 1. The first-order valence-electron chi connectivity index (χ1n) is 6.53. The molecule has 2 heterocycles. The van der Waals surface area contributed by atoms with Crippen molar-refractivity contribution >= 4 is 39.1 Å². The van der Waals surface area contributed by atoms with Crippen LogP contribution in [0.25, 0.3) is 33.1 Å². The molecule has 0 unspecified atom stereocenters. The maximum absolute atomic E-state index is 11.8. The Bertz CT molecular complexity index is 1000. The monoisotopic (exact) mass is 277 g/mol. The number of benzene rings is 2. The summed E-state index contributed by atoms with van der Waals surface area (Å²) in [6.45, 7) is 0. The fourth-order valence-corrected chi connectivity index (χ4v) is 2.55. The van der Waals surface area contributed by atoms with Crippen molar-refractivity contribution in [2.45, 2.75) is 0 Å². The summed E-state index contributed by atoms with van der Waals surface area (Å²) in [4.78, 5) is 24.3. The average Bonchev–Trinajstić information content (AvgIpc) is 2.89.